The van der Waals surface area contributed by atoms with Crippen LogP contribution in [0.15, 0.2) is 10.6 Å². The molecule has 0 amide bonds. The Labute approximate surface area is 99.2 Å². The highest BCUT2D eigenvalue weighted by Gasteiger charge is 2.16. The fraction of sp³-hybridized carbons (Fsp3) is 0.455. The lowest BCUT2D eigenvalue weighted by Gasteiger charge is -1.98. The minimum atomic E-state index is 0.365. The largest absolute Gasteiger partial charge is 0.356 e. The average molecular weight is 240 g/mol. The minimum Gasteiger partial charge on any atom is -0.356 e. The van der Waals surface area contributed by atoms with E-state index in [2.05, 4.69) is 17.2 Å². The molecule has 2 aromatic rings. The molecule has 0 saturated heterocycles. The van der Waals surface area contributed by atoms with Gasteiger partial charge in [0.05, 0.1) is 22.8 Å². The number of aromatic nitrogens is 3. The molecule has 0 saturated carbocycles. The molecular formula is C11H14ClN3O. The third-order valence-electron chi connectivity index (χ3n) is 2.62. The maximum Gasteiger partial charge on any atom is 0.170 e. The van der Waals surface area contributed by atoms with Crippen LogP contribution in [-0.2, 0) is 12.4 Å². The fourth-order valence-corrected chi connectivity index (χ4v) is 1.98. The Hall–Kier alpha value is -1.29. The van der Waals surface area contributed by atoms with E-state index in [9.17, 15) is 0 Å². The van der Waals surface area contributed by atoms with Gasteiger partial charge in [-0.05, 0) is 20.8 Å². The molecule has 0 atom stereocenters. The van der Waals surface area contributed by atoms with Crippen molar-refractivity contribution in [3.05, 3.63) is 23.1 Å². The van der Waals surface area contributed by atoms with E-state index in [1.54, 1.807) is 0 Å². The third kappa shape index (κ3) is 1.73. The molecular weight excluding hydrogens is 226 g/mol. The maximum absolute atomic E-state index is 5.70. The van der Waals surface area contributed by atoms with E-state index in [0.29, 0.717) is 5.88 Å². The molecule has 16 heavy (non-hydrogen) atoms. The second kappa shape index (κ2) is 4.29. The second-order valence-electron chi connectivity index (χ2n) is 3.68. The van der Waals surface area contributed by atoms with Gasteiger partial charge in [0.25, 0.3) is 0 Å². The lowest BCUT2D eigenvalue weighted by molar-refractivity contribution is 0.426. The molecule has 4 nitrogen and oxygen atoms in total. The normalized spacial score (nSPS) is 11.0. The molecule has 2 aromatic heterocycles. The standard InChI is InChI=1S/C11H14ClN3O/c1-4-15-8(3)11(7(2)13-15)10-5-9(6-12)14-16-10/h5H,4,6H2,1-3H3. The summed E-state index contributed by atoms with van der Waals surface area (Å²) in [6.45, 7) is 6.91. The number of hydrogen-bond donors (Lipinski definition) is 0. The number of aryl methyl sites for hydroxylation is 2. The van der Waals surface area contributed by atoms with Crippen LogP contribution in [0.2, 0.25) is 0 Å². The highest BCUT2D eigenvalue weighted by atomic mass is 35.5. The van der Waals surface area contributed by atoms with Crippen molar-refractivity contribution in [3.8, 4) is 11.3 Å². The zero-order valence-electron chi connectivity index (χ0n) is 9.62. The quantitative estimate of drug-likeness (QED) is 0.774. The van der Waals surface area contributed by atoms with E-state index in [-0.39, 0.29) is 0 Å². The van der Waals surface area contributed by atoms with Crippen LogP contribution in [0, 0.1) is 13.8 Å². The molecule has 5 heteroatoms. The Morgan fingerprint density at radius 1 is 1.44 bits per heavy atom. The van der Waals surface area contributed by atoms with Crippen molar-refractivity contribution in [2.75, 3.05) is 0 Å². The van der Waals surface area contributed by atoms with Crippen molar-refractivity contribution >= 4 is 11.6 Å². The molecule has 0 bridgehead atoms. The Bertz CT molecular complexity index is 501. The van der Waals surface area contributed by atoms with Gasteiger partial charge < -0.3 is 4.52 Å². The topological polar surface area (TPSA) is 43.9 Å². The summed E-state index contributed by atoms with van der Waals surface area (Å²) in [4.78, 5) is 0. The van der Waals surface area contributed by atoms with Crippen LogP contribution in [0.3, 0.4) is 0 Å². The monoisotopic (exact) mass is 239 g/mol. The Balaban J connectivity index is 2.50. The van der Waals surface area contributed by atoms with Crippen molar-refractivity contribution in [2.45, 2.75) is 33.2 Å². The molecule has 2 heterocycles. The van der Waals surface area contributed by atoms with Crippen molar-refractivity contribution in [1.29, 1.82) is 0 Å². The smallest absolute Gasteiger partial charge is 0.170 e. The number of alkyl halides is 1. The first-order chi connectivity index (χ1) is 7.67. The summed E-state index contributed by atoms with van der Waals surface area (Å²) >= 11 is 5.70. The summed E-state index contributed by atoms with van der Waals surface area (Å²) in [5.41, 5.74) is 3.82. The molecule has 0 spiro atoms. The lowest BCUT2D eigenvalue weighted by Crippen LogP contribution is -1.98. The maximum atomic E-state index is 5.70. The summed E-state index contributed by atoms with van der Waals surface area (Å²) in [5, 5.41) is 8.32. The number of halogens is 1. The molecule has 0 N–H and O–H groups in total. The highest BCUT2D eigenvalue weighted by Crippen LogP contribution is 2.27. The zero-order chi connectivity index (χ0) is 11.7. The van der Waals surface area contributed by atoms with Gasteiger partial charge in [-0.2, -0.15) is 5.10 Å². The Morgan fingerprint density at radius 2 is 2.19 bits per heavy atom. The van der Waals surface area contributed by atoms with Crippen molar-refractivity contribution in [1.82, 2.24) is 14.9 Å². The van der Waals surface area contributed by atoms with E-state index in [0.717, 1.165) is 35.0 Å². The van der Waals surface area contributed by atoms with Crippen LogP contribution < -0.4 is 0 Å². The van der Waals surface area contributed by atoms with Crippen LogP contribution >= 0.6 is 11.6 Å². The summed E-state index contributed by atoms with van der Waals surface area (Å²) < 4.78 is 7.23. The van der Waals surface area contributed by atoms with Crippen molar-refractivity contribution in [2.24, 2.45) is 0 Å². The number of nitrogens with zero attached hydrogens (tertiary/aromatic N) is 3. The van der Waals surface area contributed by atoms with Gasteiger partial charge in [-0.3, -0.25) is 4.68 Å². The first-order valence-electron chi connectivity index (χ1n) is 5.23. The van der Waals surface area contributed by atoms with Crippen LogP contribution in [0.5, 0.6) is 0 Å². The van der Waals surface area contributed by atoms with Gasteiger partial charge in [0, 0.05) is 18.3 Å². The van der Waals surface area contributed by atoms with Gasteiger partial charge in [0.15, 0.2) is 5.76 Å². The lowest BCUT2D eigenvalue weighted by atomic mass is 10.1. The van der Waals surface area contributed by atoms with Crippen molar-refractivity contribution < 1.29 is 4.52 Å². The Morgan fingerprint density at radius 3 is 2.69 bits per heavy atom. The van der Waals surface area contributed by atoms with Gasteiger partial charge in [0.2, 0.25) is 0 Å². The van der Waals surface area contributed by atoms with E-state index in [4.69, 9.17) is 16.1 Å². The van der Waals surface area contributed by atoms with E-state index >= 15 is 0 Å². The van der Waals surface area contributed by atoms with Gasteiger partial charge in [-0.15, -0.1) is 11.6 Å². The molecule has 86 valence electrons. The van der Waals surface area contributed by atoms with Crippen LogP contribution in [0.25, 0.3) is 11.3 Å². The summed E-state index contributed by atoms with van der Waals surface area (Å²) in [6, 6.07) is 1.87. The van der Waals surface area contributed by atoms with E-state index in [1.165, 1.54) is 0 Å². The van der Waals surface area contributed by atoms with E-state index in [1.807, 2.05) is 24.6 Å². The first kappa shape index (κ1) is 11.2. The molecule has 0 unspecified atom stereocenters. The fourth-order valence-electron chi connectivity index (χ4n) is 1.85. The zero-order valence-corrected chi connectivity index (χ0v) is 10.4. The first-order valence-corrected chi connectivity index (χ1v) is 5.76. The van der Waals surface area contributed by atoms with E-state index < -0.39 is 0 Å². The molecule has 0 fully saturated rings. The van der Waals surface area contributed by atoms with Crippen LogP contribution in [0.4, 0.5) is 0 Å². The van der Waals surface area contributed by atoms with Crippen LogP contribution in [-0.4, -0.2) is 14.9 Å². The molecule has 0 aliphatic carbocycles. The van der Waals surface area contributed by atoms with Gasteiger partial charge >= 0.3 is 0 Å². The van der Waals surface area contributed by atoms with Gasteiger partial charge in [-0.25, -0.2) is 0 Å². The highest BCUT2D eigenvalue weighted by molar-refractivity contribution is 6.16. The summed E-state index contributed by atoms with van der Waals surface area (Å²) in [6.07, 6.45) is 0. The minimum absolute atomic E-state index is 0.365. The molecule has 0 aliphatic heterocycles. The average Bonchev–Trinajstić information content (AvgIpc) is 2.83. The number of rotatable bonds is 3. The summed E-state index contributed by atoms with van der Waals surface area (Å²) in [7, 11) is 0. The molecule has 0 aromatic carbocycles. The second-order valence-corrected chi connectivity index (χ2v) is 3.94. The Kier molecular flexibility index (Phi) is 3.01. The predicted molar refractivity (Wildman–Crippen MR) is 62.4 cm³/mol. The van der Waals surface area contributed by atoms with Gasteiger partial charge in [-0.1, -0.05) is 5.16 Å². The van der Waals surface area contributed by atoms with Gasteiger partial charge in [0.1, 0.15) is 0 Å². The molecule has 0 aliphatic rings. The predicted octanol–water partition coefficient (Wildman–Crippen LogP) is 2.91. The SMILES string of the molecule is CCn1nc(C)c(-c2cc(CCl)no2)c1C. The number of hydrogen-bond acceptors (Lipinski definition) is 3. The van der Waals surface area contributed by atoms with Crippen LogP contribution in [0.1, 0.15) is 24.0 Å². The third-order valence-corrected chi connectivity index (χ3v) is 2.90. The molecule has 0 radical (unpaired) electrons. The molecule has 2 rings (SSSR count). The van der Waals surface area contributed by atoms with Crippen molar-refractivity contribution in [3.63, 3.8) is 0 Å². The summed E-state index contributed by atoms with van der Waals surface area (Å²) in [5.74, 6) is 1.11.